The minimum absolute atomic E-state index is 0.188. The zero-order chi connectivity index (χ0) is 9.31. The second-order valence-corrected chi connectivity index (χ2v) is 3.31. The first-order valence-corrected chi connectivity index (χ1v) is 4.27. The van der Waals surface area contributed by atoms with Crippen LogP contribution in [0, 0.1) is 5.82 Å². The minimum Gasteiger partial charge on any atom is -0.383 e. The van der Waals surface area contributed by atoms with Crippen LogP contribution in [0.1, 0.15) is 12.0 Å². The number of hydrogen-bond donors (Lipinski definition) is 1. The van der Waals surface area contributed by atoms with Gasteiger partial charge in [-0.2, -0.15) is 0 Å². The van der Waals surface area contributed by atoms with Gasteiger partial charge in [0, 0.05) is 18.6 Å². The van der Waals surface area contributed by atoms with Crippen molar-refractivity contribution in [2.45, 2.75) is 12.0 Å². The Kier molecular flexibility index (Phi) is 2.06. The molecule has 3 heteroatoms. The lowest BCUT2D eigenvalue weighted by Gasteiger charge is -2.21. The van der Waals surface area contributed by atoms with E-state index in [0.29, 0.717) is 18.6 Å². The predicted octanol–water partition coefficient (Wildman–Crippen LogP) is 1.43. The summed E-state index contributed by atoms with van der Waals surface area (Å²) in [7, 11) is 0. The quantitative estimate of drug-likeness (QED) is 0.712. The van der Waals surface area contributed by atoms with Gasteiger partial charge in [0.1, 0.15) is 11.4 Å². The van der Waals surface area contributed by atoms with Crippen molar-refractivity contribution in [2.75, 3.05) is 13.2 Å². The van der Waals surface area contributed by atoms with Crippen LogP contribution in [-0.4, -0.2) is 18.3 Å². The molecule has 1 aliphatic rings. The van der Waals surface area contributed by atoms with Gasteiger partial charge >= 0.3 is 0 Å². The molecule has 1 N–H and O–H groups in total. The van der Waals surface area contributed by atoms with Crippen molar-refractivity contribution < 1.29 is 14.2 Å². The fourth-order valence-electron chi connectivity index (χ4n) is 1.61. The van der Waals surface area contributed by atoms with Gasteiger partial charge in [0.2, 0.25) is 0 Å². The summed E-state index contributed by atoms with van der Waals surface area (Å²) in [6, 6.07) is 6.28. The van der Waals surface area contributed by atoms with Crippen molar-refractivity contribution in [2.24, 2.45) is 0 Å². The molecule has 1 saturated heterocycles. The maximum Gasteiger partial charge on any atom is 0.129 e. The van der Waals surface area contributed by atoms with Crippen molar-refractivity contribution in [3.8, 4) is 0 Å². The molecule has 1 aromatic carbocycles. The molecule has 0 aliphatic carbocycles. The topological polar surface area (TPSA) is 29.5 Å². The Balaban J connectivity index is 2.39. The van der Waals surface area contributed by atoms with Crippen LogP contribution >= 0.6 is 0 Å². The molecule has 0 aromatic heterocycles. The SMILES string of the molecule is OC1(c2ccccc2F)CCOC1. The summed E-state index contributed by atoms with van der Waals surface area (Å²) in [5, 5.41) is 9.98. The first kappa shape index (κ1) is 8.66. The van der Waals surface area contributed by atoms with Gasteiger partial charge in [-0.3, -0.25) is 0 Å². The van der Waals surface area contributed by atoms with E-state index in [4.69, 9.17) is 4.74 Å². The first-order valence-electron chi connectivity index (χ1n) is 4.27. The number of rotatable bonds is 1. The molecule has 0 amide bonds. The van der Waals surface area contributed by atoms with Gasteiger partial charge in [-0.15, -0.1) is 0 Å². The zero-order valence-electron chi connectivity index (χ0n) is 7.16. The van der Waals surface area contributed by atoms with Gasteiger partial charge in [-0.25, -0.2) is 4.39 Å². The lowest BCUT2D eigenvalue weighted by atomic mass is 9.93. The average molecular weight is 182 g/mol. The van der Waals surface area contributed by atoms with E-state index in [1.165, 1.54) is 6.07 Å². The molecular weight excluding hydrogens is 171 g/mol. The van der Waals surface area contributed by atoms with E-state index in [-0.39, 0.29) is 12.4 Å². The van der Waals surface area contributed by atoms with Crippen molar-refractivity contribution in [1.82, 2.24) is 0 Å². The highest BCUT2D eigenvalue weighted by Gasteiger charge is 2.36. The van der Waals surface area contributed by atoms with E-state index < -0.39 is 5.60 Å². The first-order chi connectivity index (χ1) is 6.22. The van der Waals surface area contributed by atoms with Crippen LogP contribution in [0.4, 0.5) is 4.39 Å². The van der Waals surface area contributed by atoms with Crippen LogP contribution in [0.5, 0.6) is 0 Å². The minimum atomic E-state index is -1.12. The highest BCUT2D eigenvalue weighted by atomic mass is 19.1. The van der Waals surface area contributed by atoms with E-state index >= 15 is 0 Å². The summed E-state index contributed by atoms with van der Waals surface area (Å²) in [6.07, 6.45) is 0.466. The molecule has 1 atom stereocenters. The lowest BCUT2D eigenvalue weighted by Crippen LogP contribution is -2.26. The summed E-state index contributed by atoms with van der Waals surface area (Å²) >= 11 is 0. The number of hydrogen-bond acceptors (Lipinski definition) is 2. The summed E-state index contributed by atoms with van der Waals surface area (Å²) in [6.45, 7) is 0.679. The van der Waals surface area contributed by atoms with Gasteiger partial charge < -0.3 is 9.84 Å². The van der Waals surface area contributed by atoms with Crippen molar-refractivity contribution >= 4 is 0 Å². The fourth-order valence-corrected chi connectivity index (χ4v) is 1.61. The Morgan fingerprint density at radius 1 is 1.38 bits per heavy atom. The molecule has 1 heterocycles. The fraction of sp³-hybridized carbons (Fsp3) is 0.400. The molecular formula is C10H11FO2. The molecule has 1 unspecified atom stereocenters. The number of aliphatic hydroxyl groups is 1. The summed E-state index contributed by atoms with van der Waals surface area (Å²) in [5.74, 6) is -0.365. The predicted molar refractivity (Wildman–Crippen MR) is 45.7 cm³/mol. The third kappa shape index (κ3) is 1.45. The molecule has 0 radical (unpaired) electrons. The van der Waals surface area contributed by atoms with E-state index in [1.807, 2.05) is 0 Å². The van der Waals surface area contributed by atoms with Gasteiger partial charge in [0.15, 0.2) is 0 Å². The molecule has 70 valence electrons. The Bertz CT molecular complexity index is 306. The Hall–Kier alpha value is -0.930. The maximum absolute atomic E-state index is 13.3. The molecule has 13 heavy (non-hydrogen) atoms. The Labute approximate surface area is 76.0 Å². The van der Waals surface area contributed by atoms with E-state index in [1.54, 1.807) is 18.2 Å². The molecule has 1 aromatic rings. The molecule has 1 fully saturated rings. The van der Waals surface area contributed by atoms with E-state index in [2.05, 4.69) is 0 Å². The van der Waals surface area contributed by atoms with Crippen LogP contribution in [0.2, 0.25) is 0 Å². The van der Waals surface area contributed by atoms with Crippen molar-refractivity contribution in [3.63, 3.8) is 0 Å². The third-order valence-corrected chi connectivity index (χ3v) is 2.38. The Morgan fingerprint density at radius 2 is 2.15 bits per heavy atom. The second-order valence-electron chi connectivity index (χ2n) is 3.31. The number of benzene rings is 1. The van der Waals surface area contributed by atoms with Gasteiger partial charge in [0.05, 0.1) is 6.61 Å². The second kappa shape index (κ2) is 3.09. The summed E-state index contributed by atoms with van der Waals surface area (Å²) in [4.78, 5) is 0. The highest BCUT2D eigenvalue weighted by molar-refractivity contribution is 5.25. The molecule has 0 saturated carbocycles. The van der Waals surface area contributed by atoms with Crippen molar-refractivity contribution in [3.05, 3.63) is 35.6 Å². The van der Waals surface area contributed by atoms with Crippen LogP contribution in [0.15, 0.2) is 24.3 Å². The molecule has 1 aliphatic heterocycles. The molecule has 0 bridgehead atoms. The maximum atomic E-state index is 13.3. The zero-order valence-corrected chi connectivity index (χ0v) is 7.16. The average Bonchev–Trinajstić information content (AvgIpc) is 2.54. The number of ether oxygens (including phenoxy) is 1. The standard InChI is InChI=1S/C10H11FO2/c11-9-4-2-1-3-8(9)10(12)5-6-13-7-10/h1-4,12H,5-7H2. The van der Waals surface area contributed by atoms with Gasteiger partial charge in [0.25, 0.3) is 0 Å². The van der Waals surface area contributed by atoms with Crippen LogP contribution in [0.25, 0.3) is 0 Å². The molecule has 0 spiro atoms. The number of halogens is 1. The monoisotopic (exact) mass is 182 g/mol. The van der Waals surface area contributed by atoms with Crippen molar-refractivity contribution in [1.29, 1.82) is 0 Å². The largest absolute Gasteiger partial charge is 0.383 e. The van der Waals surface area contributed by atoms with E-state index in [9.17, 15) is 9.50 Å². The van der Waals surface area contributed by atoms with Gasteiger partial charge in [-0.1, -0.05) is 18.2 Å². The highest BCUT2D eigenvalue weighted by Crippen LogP contribution is 2.31. The molecule has 2 rings (SSSR count). The van der Waals surface area contributed by atoms with Crippen LogP contribution < -0.4 is 0 Å². The third-order valence-electron chi connectivity index (χ3n) is 2.38. The van der Waals surface area contributed by atoms with Crippen LogP contribution in [-0.2, 0) is 10.3 Å². The molecule has 2 nitrogen and oxygen atoms in total. The smallest absolute Gasteiger partial charge is 0.129 e. The lowest BCUT2D eigenvalue weighted by molar-refractivity contribution is 0.0202. The van der Waals surface area contributed by atoms with Gasteiger partial charge in [-0.05, 0) is 6.07 Å². The normalized spacial score (nSPS) is 27.8. The Morgan fingerprint density at radius 3 is 2.77 bits per heavy atom. The summed E-state index contributed by atoms with van der Waals surface area (Å²) < 4.78 is 18.3. The van der Waals surface area contributed by atoms with E-state index in [0.717, 1.165) is 0 Å². The van der Waals surface area contributed by atoms with Crippen LogP contribution in [0.3, 0.4) is 0 Å². The summed E-state index contributed by atoms with van der Waals surface area (Å²) in [5.41, 5.74) is -0.779.